The van der Waals surface area contributed by atoms with Crippen molar-refractivity contribution in [3.63, 3.8) is 0 Å². The van der Waals surface area contributed by atoms with Gasteiger partial charge in [0.25, 0.3) is 0 Å². The van der Waals surface area contributed by atoms with E-state index in [1.165, 1.54) is 11.1 Å². The van der Waals surface area contributed by atoms with Gasteiger partial charge in [0.2, 0.25) is 0 Å². The molecule has 0 aliphatic carbocycles. The number of pyridine rings is 1. The Labute approximate surface area is 201 Å². The number of halogens is 1. The van der Waals surface area contributed by atoms with Crippen molar-refractivity contribution in [2.75, 3.05) is 0 Å². The summed E-state index contributed by atoms with van der Waals surface area (Å²) in [6, 6.07) is 26.8. The maximum Gasteiger partial charge on any atom is 0.0843 e. The number of aliphatic hydroxyl groups is 1. The normalized spacial score (nSPS) is 13.0. The van der Waals surface area contributed by atoms with Crippen molar-refractivity contribution >= 4 is 34.7 Å². The second-order valence-electron chi connectivity index (χ2n) is 9.23. The molecule has 3 aromatic carbocycles. The van der Waals surface area contributed by atoms with Gasteiger partial charge >= 0.3 is 0 Å². The third-order valence-electron chi connectivity index (χ3n) is 6.13. The molecule has 0 bridgehead atoms. The van der Waals surface area contributed by atoms with Gasteiger partial charge in [-0.3, -0.25) is 0 Å². The van der Waals surface area contributed by atoms with E-state index in [1.807, 2.05) is 56.3 Å². The highest BCUT2D eigenvalue weighted by Gasteiger charge is 2.19. The van der Waals surface area contributed by atoms with Crippen LogP contribution in [0.15, 0.2) is 78.9 Å². The minimum Gasteiger partial charge on any atom is -0.386 e. The highest BCUT2D eigenvalue weighted by Crippen LogP contribution is 2.28. The van der Waals surface area contributed by atoms with Crippen molar-refractivity contribution in [3.8, 4) is 0 Å². The average Bonchev–Trinajstić information content (AvgIpc) is 2.80. The van der Waals surface area contributed by atoms with E-state index in [1.54, 1.807) is 0 Å². The predicted molar refractivity (Wildman–Crippen MR) is 141 cm³/mol. The van der Waals surface area contributed by atoms with Gasteiger partial charge in [-0.25, -0.2) is 4.98 Å². The summed E-state index contributed by atoms with van der Waals surface area (Å²) in [6.07, 6.45) is 6.11. The summed E-state index contributed by atoms with van der Waals surface area (Å²) in [5, 5.41) is 12.3. The van der Waals surface area contributed by atoms with Crippen LogP contribution in [0.4, 0.5) is 0 Å². The molecule has 0 amide bonds. The lowest BCUT2D eigenvalue weighted by Gasteiger charge is -2.22. The van der Waals surface area contributed by atoms with Crippen LogP contribution in [0.5, 0.6) is 0 Å². The van der Waals surface area contributed by atoms with Crippen LogP contribution < -0.4 is 0 Å². The average molecular weight is 456 g/mol. The molecular formula is C30H30ClNO. The minimum atomic E-state index is -0.827. The molecule has 0 aliphatic heterocycles. The number of aryl methyl sites for hydroxylation is 1. The molecule has 0 spiro atoms. The molecule has 0 fully saturated rings. The van der Waals surface area contributed by atoms with Gasteiger partial charge in [0.15, 0.2) is 0 Å². The highest BCUT2D eigenvalue weighted by molar-refractivity contribution is 6.31. The van der Waals surface area contributed by atoms with E-state index in [9.17, 15) is 5.11 Å². The first-order valence-electron chi connectivity index (χ1n) is 11.4. The van der Waals surface area contributed by atoms with E-state index in [0.29, 0.717) is 10.9 Å². The second-order valence-corrected chi connectivity index (χ2v) is 9.67. The molecule has 0 aliphatic rings. The van der Waals surface area contributed by atoms with Crippen molar-refractivity contribution < 1.29 is 5.11 Å². The summed E-state index contributed by atoms with van der Waals surface area (Å²) in [5.74, 6) is 0.411. The highest BCUT2D eigenvalue weighted by atomic mass is 35.5. The van der Waals surface area contributed by atoms with Crippen LogP contribution in [0.3, 0.4) is 0 Å². The number of rotatable bonds is 7. The fraction of sp³-hybridized carbons (Fsp3) is 0.233. The van der Waals surface area contributed by atoms with E-state index in [2.05, 4.69) is 55.5 Å². The van der Waals surface area contributed by atoms with E-state index in [-0.39, 0.29) is 0 Å². The van der Waals surface area contributed by atoms with Gasteiger partial charge in [-0.2, -0.15) is 0 Å². The zero-order valence-corrected chi connectivity index (χ0v) is 20.2. The van der Waals surface area contributed by atoms with Crippen LogP contribution in [0.25, 0.3) is 23.1 Å². The molecule has 1 N–H and O–H groups in total. The van der Waals surface area contributed by atoms with Gasteiger partial charge < -0.3 is 5.11 Å². The van der Waals surface area contributed by atoms with E-state index in [0.717, 1.165) is 40.6 Å². The first-order valence-corrected chi connectivity index (χ1v) is 11.8. The summed E-state index contributed by atoms with van der Waals surface area (Å²) >= 11 is 6.12. The van der Waals surface area contributed by atoms with Crippen LogP contribution in [0, 0.1) is 0 Å². The Kier molecular flexibility index (Phi) is 6.97. The smallest absolute Gasteiger partial charge is 0.0843 e. The van der Waals surface area contributed by atoms with Gasteiger partial charge in [-0.15, -0.1) is 0 Å². The largest absolute Gasteiger partial charge is 0.386 e. The molecule has 168 valence electrons. The summed E-state index contributed by atoms with van der Waals surface area (Å²) in [6.45, 7) is 5.97. The fourth-order valence-electron chi connectivity index (χ4n) is 4.22. The molecule has 3 heteroatoms. The first-order chi connectivity index (χ1) is 15.8. The number of hydrogen-bond acceptors (Lipinski definition) is 2. The van der Waals surface area contributed by atoms with Crippen molar-refractivity contribution in [3.05, 3.63) is 112 Å². The van der Waals surface area contributed by atoms with Crippen molar-refractivity contribution in [1.29, 1.82) is 0 Å². The van der Waals surface area contributed by atoms with Gasteiger partial charge in [-0.1, -0.05) is 85.3 Å². The first kappa shape index (κ1) is 23.2. The molecule has 1 heterocycles. The Morgan fingerprint density at radius 1 is 0.939 bits per heavy atom. The molecule has 0 saturated carbocycles. The standard InChI is InChI=1S/C30H30ClNO/c1-21(11-13-23-8-4-5-10-28(23)30(2,3)33)25-9-6-7-22(19-25)12-17-27-18-15-24-14-16-26(31)20-29(24)32-27/h4-10,12,14-21,33H,11,13H2,1-3H3/b17-12+. The monoisotopic (exact) mass is 455 g/mol. The summed E-state index contributed by atoms with van der Waals surface area (Å²) < 4.78 is 0. The molecule has 4 aromatic rings. The Balaban J connectivity index is 1.47. The zero-order valence-electron chi connectivity index (χ0n) is 19.4. The maximum absolute atomic E-state index is 10.5. The molecule has 1 aromatic heterocycles. The fourth-order valence-corrected chi connectivity index (χ4v) is 4.39. The Morgan fingerprint density at radius 2 is 1.73 bits per heavy atom. The lowest BCUT2D eigenvalue weighted by atomic mass is 9.87. The van der Waals surface area contributed by atoms with Crippen molar-refractivity contribution in [2.24, 2.45) is 0 Å². The molecule has 2 nitrogen and oxygen atoms in total. The van der Waals surface area contributed by atoms with Gasteiger partial charge in [0, 0.05) is 10.4 Å². The van der Waals surface area contributed by atoms with Crippen LogP contribution in [-0.2, 0) is 12.0 Å². The van der Waals surface area contributed by atoms with E-state index in [4.69, 9.17) is 16.6 Å². The molecular weight excluding hydrogens is 426 g/mol. The molecule has 1 atom stereocenters. The second kappa shape index (κ2) is 9.91. The SMILES string of the molecule is CC(CCc1ccccc1C(C)(C)O)c1cccc(/C=C/c2ccc3ccc(Cl)cc3n2)c1. The predicted octanol–water partition coefficient (Wildman–Crippen LogP) is 8.02. The number of aromatic nitrogens is 1. The quantitative estimate of drug-likeness (QED) is 0.306. The molecule has 0 radical (unpaired) electrons. The van der Waals surface area contributed by atoms with Gasteiger partial charge in [-0.05, 0) is 79.1 Å². The third-order valence-corrected chi connectivity index (χ3v) is 6.36. The molecule has 33 heavy (non-hydrogen) atoms. The molecule has 1 unspecified atom stereocenters. The summed E-state index contributed by atoms with van der Waals surface area (Å²) in [5.41, 5.74) is 5.69. The van der Waals surface area contributed by atoms with E-state index >= 15 is 0 Å². The molecule has 0 saturated heterocycles. The summed E-state index contributed by atoms with van der Waals surface area (Å²) in [7, 11) is 0. The van der Waals surface area contributed by atoms with Crippen LogP contribution in [0.1, 0.15) is 61.1 Å². The van der Waals surface area contributed by atoms with Crippen molar-refractivity contribution in [1.82, 2.24) is 4.98 Å². The Bertz CT molecular complexity index is 1290. The minimum absolute atomic E-state index is 0.411. The maximum atomic E-state index is 10.5. The number of fused-ring (bicyclic) bond motifs is 1. The van der Waals surface area contributed by atoms with Crippen LogP contribution >= 0.6 is 11.6 Å². The lowest BCUT2D eigenvalue weighted by molar-refractivity contribution is 0.0775. The van der Waals surface area contributed by atoms with Crippen LogP contribution in [0.2, 0.25) is 5.02 Å². The lowest BCUT2D eigenvalue weighted by Crippen LogP contribution is -2.18. The topological polar surface area (TPSA) is 33.1 Å². The Morgan fingerprint density at radius 3 is 2.55 bits per heavy atom. The third kappa shape index (κ3) is 5.90. The number of hydrogen-bond donors (Lipinski definition) is 1. The van der Waals surface area contributed by atoms with Gasteiger partial charge in [0.05, 0.1) is 16.8 Å². The zero-order chi connectivity index (χ0) is 23.4. The van der Waals surface area contributed by atoms with E-state index < -0.39 is 5.60 Å². The van der Waals surface area contributed by atoms with Crippen LogP contribution in [-0.4, -0.2) is 10.1 Å². The molecule has 4 rings (SSSR count). The number of benzene rings is 3. The summed E-state index contributed by atoms with van der Waals surface area (Å²) in [4.78, 5) is 4.71. The van der Waals surface area contributed by atoms with Crippen molar-refractivity contribution in [2.45, 2.75) is 45.1 Å². The van der Waals surface area contributed by atoms with Gasteiger partial charge in [0.1, 0.15) is 0 Å². The number of nitrogens with zero attached hydrogens (tertiary/aromatic N) is 1. The Hall–Kier alpha value is -2.94.